The van der Waals surface area contributed by atoms with Gasteiger partial charge in [0.05, 0.1) is 7.11 Å². The number of carbonyl (C=O) groups excluding carboxylic acids is 1. The minimum atomic E-state index is -0.232. The number of benzene rings is 1. The van der Waals surface area contributed by atoms with Gasteiger partial charge in [-0.3, -0.25) is 4.79 Å². The molecule has 1 fully saturated rings. The van der Waals surface area contributed by atoms with Gasteiger partial charge in [-0.05, 0) is 17.7 Å². The number of nitrogens with one attached hydrogen (secondary N) is 2. The number of hydrogen-bond donors (Lipinski definition) is 2. The summed E-state index contributed by atoms with van der Waals surface area (Å²) < 4.78 is 5.06. The van der Waals surface area contributed by atoms with Crippen LogP contribution in [0.4, 0.5) is 0 Å². The van der Waals surface area contributed by atoms with E-state index < -0.39 is 0 Å². The maximum Gasteiger partial charge on any atom is 0.241 e. The molecule has 4 nitrogen and oxygen atoms in total. The Hall–Kier alpha value is -1.55. The first-order chi connectivity index (χ1) is 7.31. The fourth-order valence-electron chi connectivity index (χ4n) is 1.66. The van der Waals surface area contributed by atoms with Crippen LogP contribution in [0.5, 0.6) is 5.75 Å². The third-order valence-electron chi connectivity index (χ3n) is 2.48. The van der Waals surface area contributed by atoms with Crippen molar-refractivity contribution in [2.45, 2.75) is 6.04 Å². The highest BCUT2D eigenvalue weighted by atomic mass is 16.5. The molecule has 0 aromatic heterocycles. The third-order valence-corrected chi connectivity index (χ3v) is 2.48. The largest absolute Gasteiger partial charge is 0.497 e. The predicted octanol–water partition coefficient (Wildman–Crippen LogP) is 0.456. The molecule has 1 aromatic rings. The van der Waals surface area contributed by atoms with Crippen molar-refractivity contribution in [3.63, 3.8) is 0 Å². The second kappa shape index (κ2) is 4.31. The molecule has 1 saturated heterocycles. The molecule has 1 atom stereocenters. The summed E-state index contributed by atoms with van der Waals surface area (Å²) in [6.45, 7) is 1.51. The summed E-state index contributed by atoms with van der Waals surface area (Å²) in [6, 6.07) is 7.30. The van der Waals surface area contributed by atoms with Crippen molar-refractivity contribution >= 4 is 5.91 Å². The number of piperazine rings is 1. The SMILES string of the molecule is COc1ccc([C@@H]2NCCNC2=O)cc1. The Morgan fingerprint density at radius 1 is 1.27 bits per heavy atom. The monoisotopic (exact) mass is 206 g/mol. The highest BCUT2D eigenvalue weighted by Crippen LogP contribution is 2.18. The van der Waals surface area contributed by atoms with Crippen molar-refractivity contribution < 1.29 is 9.53 Å². The minimum Gasteiger partial charge on any atom is -0.497 e. The van der Waals surface area contributed by atoms with Crippen molar-refractivity contribution in [3.8, 4) is 5.75 Å². The summed E-state index contributed by atoms with van der Waals surface area (Å²) in [4.78, 5) is 11.5. The first kappa shape index (κ1) is 9.98. The summed E-state index contributed by atoms with van der Waals surface area (Å²) in [5.41, 5.74) is 0.966. The van der Waals surface area contributed by atoms with Crippen molar-refractivity contribution in [2.75, 3.05) is 20.2 Å². The smallest absolute Gasteiger partial charge is 0.241 e. The van der Waals surface area contributed by atoms with Gasteiger partial charge in [0.2, 0.25) is 5.91 Å². The quantitative estimate of drug-likeness (QED) is 0.739. The van der Waals surface area contributed by atoms with Crippen LogP contribution in [-0.2, 0) is 4.79 Å². The fraction of sp³-hybridized carbons (Fsp3) is 0.364. The van der Waals surface area contributed by atoms with Gasteiger partial charge in [-0.25, -0.2) is 0 Å². The van der Waals surface area contributed by atoms with Gasteiger partial charge >= 0.3 is 0 Å². The van der Waals surface area contributed by atoms with E-state index in [0.29, 0.717) is 6.54 Å². The summed E-state index contributed by atoms with van der Waals surface area (Å²) in [5.74, 6) is 0.835. The average Bonchev–Trinajstić information content (AvgIpc) is 2.30. The molecular weight excluding hydrogens is 192 g/mol. The van der Waals surface area contributed by atoms with E-state index in [9.17, 15) is 4.79 Å². The molecule has 0 saturated carbocycles. The van der Waals surface area contributed by atoms with E-state index in [0.717, 1.165) is 17.9 Å². The summed E-state index contributed by atoms with van der Waals surface area (Å²) in [7, 11) is 1.63. The zero-order valence-electron chi connectivity index (χ0n) is 8.62. The molecule has 1 aliphatic heterocycles. The zero-order valence-corrected chi connectivity index (χ0v) is 8.62. The van der Waals surface area contributed by atoms with Crippen LogP contribution in [0, 0.1) is 0 Å². The van der Waals surface area contributed by atoms with Crippen LogP contribution in [-0.4, -0.2) is 26.1 Å². The normalized spacial score (nSPS) is 20.9. The van der Waals surface area contributed by atoms with E-state index in [4.69, 9.17) is 4.74 Å². The van der Waals surface area contributed by atoms with E-state index in [2.05, 4.69) is 10.6 Å². The highest BCUT2D eigenvalue weighted by Gasteiger charge is 2.22. The Balaban J connectivity index is 2.17. The highest BCUT2D eigenvalue weighted by molar-refractivity contribution is 5.83. The topological polar surface area (TPSA) is 50.4 Å². The molecule has 1 amide bonds. The van der Waals surface area contributed by atoms with Gasteiger partial charge in [0.25, 0.3) is 0 Å². The molecule has 4 heteroatoms. The summed E-state index contributed by atoms with van der Waals surface area (Å²) in [5, 5.41) is 6.00. The zero-order chi connectivity index (χ0) is 10.7. The van der Waals surface area contributed by atoms with E-state index in [1.54, 1.807) is 7.11 Å². The number of ether oxygens (including phenoxy) is 1. The maximum atomic E-state index is 11.5. The van der Waals surface area contributed by atoms with Crippen molar-refractivity contribution in [3.05, 3.63) is 29.8 Å². The Morgan fingerprint density at radius 2 is 2.00 bits per heavy atom. The fourth-order valence-corrected chi connectivity index (χ4v) is 1.66. The first-order valence-electron chi connectivity index (χ1n) is 4.96. The Bertz CT molecular complexity index is 348. The van der Waals surface area contributed by atoms with Gasteiger partial charge in [-0.1, -0.05) is 12.1 Å². The molecule has 0 spiro atoms. The molecule has 2 N–H and O–H groups in total. The molecular formula is C11H14N2O2. The van der Waals surface area contributed by atoms with Gasteiger partial charge < -0.3 is 15.4 Å². The van der Waals surface area contributed by atoms with Gasteiger partial charge in [-0.2, -0.15) is 0 Å². The number of amides is 1. The number of hydrogen-bond acceptors (Lipinski definition) is 3. The molecule has 0 radical (unpaired) electrons. The van der Waals surface area contributed by atoms with Gasteiger partial charge in [0.15, 0.2) is 0 Å². The Morgan fingerprint density at radius 3 is 2.60 bits per heavy atom. The molecule has 0 unspecified atom stereocenters. The van der Waals surface area contributed by atoms with E-state index in [1.165, 1.54) is 0 Å². The van der Waals surface area contributed by atoms with Gasteiger partial charge in [-0.15, -0.1) is 0 Å². The van der Waals surface area contributed by atoms with Crippen molar-refractivity contribution in [1.29, 1.82) is 0 Å². The molecule has 1 heterocycles. The van der Waals surface area contributed by atoms with Crippen LogP contribution in [0.25, 0.3) is 0 Å². The van der Waals surface area contributed by atoms with Gasteiger partial charge in [0, 0.05) is 13.1 Å². The lowest BCUT2D eigenvalue weighted by molar-refractivity contribution is -0.124. The predicted molar refractivity (Wildman–Crippen MR) is 56.7 cm³/mol. The van der Waals surface area contributed by atoms with Crippen LogP contribution in [0.2, 0.25) is 0 Å². The van der Waals surface area contributed by atoms with Crippen LogP contribution < -0.4 is 15.4 Å². The second-order valence-corrected chi connectivity index (χ2v) is 3.45. The lowest BCUT2D eigenvalue weighted by Gasteiger charge is -2.23. The van der Waals surface area contributed by atoms with Crippen LogP contribution in [0.1, 0.15) is 11.6 Å². The molecule has 15 heavy (non-hydrogen) atoms. The molecule has 1 aromatic carbocycles. The van der Waals surface area contributed by atoms with Gasteiger partial charge in [0.1, 0.15) is 11.8 Å². The van der Waals surface area contributed by atoms with Crippen LogP contribution in [0.3, 0.4) is 0 Å². The number of methoxy groups -OCH3 is 1. The van der Waals surface area contributed by atoms with Crippen LogP contribution in [0.15, 0.2) is 24.3 Å². The lowest BCUT2D eigenvalue weighted by atomic mass is 10.0. The number of rotatable bonds is 2. The third kappa shape index (κ3) is 2.10. The van der Waals surface area contributed by atoms with E-state index >= 15 is 0 Å². The average molecular weight is 206 g/mol. The van der Waals surface area contributed by atoms with Crippen LogP contribution >= 0.6 is 0 Å². The summed E-state index contributed by atoms with van der Waals surface area (Å²) in [6.07, 6.45) is 0. The van der Waals surface area contributed by atoms with E-state index in [1.807, 2.05) is 24.3 Å². The molecule has 1 aliphatic rings. The Labute approximate surface area is 88.6 Å². The maximum absolute atomic E-state index is 11.5. The Kier molecular flexibility index (Phi) is 2.87. The first-order valence-corrected chi connectivity index (χ1v) is 4.96. The molecule has 0 aliphatic carbocycles. The van der Waals surface area contributed by atoms with Crippen molar-refractivity contribution in [1.82, 2.24) is 10.6 Å². The minimum absolute atomic E-state index is 0.0337. The standard InChI is InChI=1S/C11H14N2O2/c1-15-9-4-2-8(3-5-9)10-11(14)13-7-6-12-10/h2-5,10,12H,6-7H2,1H3,(H,13,14)/t10-/m0/s1. The van der Waals surface area contributed by atoms with E-state index in [-0.39, 0.29) is 11.9 Å². The second-order valence-electron chi connectivity index (χ2n) is 3.45. The molecule has 2 rings (SSSR count). The summed E-state index contributed by atoms with van der Waals surface area (Å²) >= 11 is 0. The molecule has 0 bridgehead atoms. The lowest BCUT2D eigenvalue weighted by Crippen LogP contribution is -2.47. The number of carbonyl (C=O) groups is 1. The van der Waals surface area contributed by atoms with Crippen molar-refractivity contribution in [2.24, 2.45) is 0 Å². The molecule has 80 valence electrons.